The smallest absolute Gasteiger partial charge is 0.160 e. The van der Waals surface area contributed by atoms with E-state index >= 15 is 0 Å². The van der Waals surface area contributed by atoms with E-state index in [0.29, 0.717) is 10.5 Å². The quantitative estimate of drug-likeness (QED) is 0.575. The Hall–Kier alpha value is -2.46. The number of nitrogen functional groups attached to an aromatic ring is 1. The molecule has 0 radical (unpaired) electrons. The molecule has 0 aliphatic heterocycles. The molecule has 0 amide bonds. The molecule has 0 saturated heterocycles. The van der Waals surface area contributed by atoms with Crippen LogP contribution in [0.3, 0.4) is 0 Å². The fraction of sp³-hybridized carbons (Fsp3) is 0. The summed E-state index contributed by atoms with van der Waals surface area (Å²) in [6.07, 6.45) is 0. The lowest BCUT2D eigenvalue weighted by Crippen LogP contribution is -2.15. The molecule has 3 rings (SSSR count). The number of hydrogen-bond acceptors (Lipinski definition) is 3. The predicted molar refractivity (Wildman–Crippen MR) is 84.1 cm³/mol. The second-order valence-electron chi connectivity index (χ2n) is 4.41. The zero-order valence-corrected chi connectivity index (χ0v) is 11.5. The molecule has 0 aliphatic rings. The van der Waals surface area contributed by atoms with E-state index in [-0.39, 0.29) is 0 Å². The minimum atomic E-state index is 0.553. The maximum Gasteiger partial charge on any atom is 0.160 e. The highest BCUT2D eigenvalue weighted by molar-refractivity contribution is 7.71. The number of nitrogens with two attached hydrogens (primary N) is 1. The molecule has 3 nitrogen and oxygen atoms in total. The van der Waals surface area contributed by atoms with E-state index in [1.807, 2.05) is 66.7 Å². The van der Waals surface area contributed by atoms with E-state index in [1.165, 1.54) is 4.68 Å². The Labute approximate surface area is 122 Å². The third kappa shape index (κ3) is 2.33. The predicted octanol–water partition coefficient (Wildman–Crippen LogP) is 3.66. The van der Waals surface area contributed by atoms with E-state index < -0.39 is 0 Å². The van der Waals surface area contributed by atoms with Crippen molar-refractivity contribution in [2.75, 3.05) is 5.84 Å². The summed E-state index contributed by atoms with van der Waals surface area (Å²) in [7, 11) is 0. The van der Waals surface area contributed by atoms with E-state index in [2.05, 4.69) is 4.98 Å². The number of aromatic nitrogens is 2. The summed E-state index contributed by atoms with van der Waals surface area (Å²) in [4.78, 5) is 4.64. The Morgan fingerprint density at radius 3 is 2.00 bits per heavy atom. The third-order valence-electron chi connectivity index (χ3n) is 3.05. The van der Waals surface area contributed by atoms with Gasteiger partial charge in [0.1, 0.15) is 4.64 Å². The average molecular weight is 279 g/mol. The first-order valence-corrected chi connectivity index (χ1v) is 6.66. The van der Waals surface area contributed by atoms with Gasteiger partial charge in [0.25, 0.3) is 0 Å². The van der Waals surface area contributed by atoms with Gasteiger partial charge in [-0.25, -0.2) is 9.66 Å². The van der Waals surface area contributed by atoms with Gasteiger partial charge in [-0.15, -0.1) is 0 Å². The molecule has 0 atom stereocenters. The average Bonchev–Trinajstić information content (AvgIpc) is 2.51. The molecule has 3 aromatic rings. The van der Waals surface area contributed by atoms with Gasteiger partial charge < -0.3 is 5.84 Å². The Bertz CT molecular complexity index is 780. The van der Waals surface area contributed by atoms with Crippen molar-refractivity contribution in [3.8, 4) is 22.6 Å². The summed E-state index contributed by atoms with van der Waals surface area (Å²) in [5.41, 5.74) is 2.80. The van der Waals surface area contributed by atoms with Gasteiger partial charge in [-0.2, -0.15) is 0 Å². The molecule has 0 unspecified atom stereocenters. The van der Waals surface area contributed by atoms with Crippen molar-refractivity contribution in [3.05, 3.63) is 71.4 Å². The number of rotatable bonds is 2. The van der Waals surface area contributed by atoms with Gasteiger partial charge in [-0.05, 0) is 0 Å². The summed E-state index contributed by atoms with van der Waals surface area (Å²) in [6, 6.07) is 21.6. The molecule has 0 saturated carbocycles. The number of nitrogens with zero attached hydrogens (tertiary/aromatic N) is 2. The Morgan fingerprint density at radius 1 is 0.850 bits per heavy atom. The molecule has 20 heavy (non-hydrogen) atoms. The molecule has 1 aromatic heterocycles. The second-order valence-corrected chi connectivity index (χ2v) is 4.82. The van der Waals surface area contributed by atoms with Crippen molar-refractivity contribution in [1.82, 2.24) is 9.66 Å². The summed E-state index contributed by atoms with van der Waals surface area (Å²) in [5.74, 6) is 6.68. The maximum atomic E-state index is 6.01. The van der Waals surface area contributed by atoms with Crippen LogP contribution in [0.15, 0.2) is 66.7 Å². The first-order chi connectivity index (χ1) is 9.75. The van der Waals surface area contributed by atoms with Gasteiger partial charge >= 0.3 is 0 Å². The van der Waals surface area contributed by atoms with Crippen molar-refractivity contribution in [3.63, 3.8) is 0 Å². The molecule has 0 bridgehead atoms. The zero-order chi connectivity index (χ0) is 13.9. The van der Waals surface area contributed by atoms with Crippen molar-refractivity contribution < 1.29 is 0 Å². The van der Waals surface area contributed by atoms with Gasteiger partial charge in [-0.1, -0.05) is 72.9 Å². The fourth-order valence-corrected chi connectivity index (χ4v) is 2.24. The number of hydrogen-bond donors (Lipinski definition) is 1. The van der Waals surface area contributed by atoms with Crippen LogP contribution in [0.1, 0.15) is 0 Å². The lowest BCUT2D eigenvalue weighted by atomic mass is 10.1. The third-order valence-corrected chi connectivity index (χ3v) is 3.37. The summed E-state index contributed by atoms with van der Waals surface area (Å²) in [5, 5.41) is 0. The summed E-state index contributed by atoms with van der Waals surface area (Å²) < 4.78 is 2.00. The highest BCUT2D eigenvalue weighted by Crippen LogP contribution is 2.22. The number of benzene rings is 2. The molecule has 0 spiro atoms. The van der Waals surface area contributed by atoms with Gasteiger partial charge in [-0.3, -0.25) is 0 Å². The zero-order valence-electron chi connectivity index (χ0n) is 10.7. The minimum Gasteiger partial charge on any atom is -0.336 e. The molecular formula is C16H13N3S. The van der Waals surface area contributed by atoms with Crippen LogP contribution in [0.5, 0.6) is 0 Å². The fourth-order valence-electron chi connectivity index (χ4n) is 2.04. The summed E-state index contributed by atoms with van der Waals surface area (Å²) in [6.45, 7) is 0. The molecule has 2 N–H and O–H groups in total. The minimum absolute atomic E-state index is 0.553. The van der Waals surface area contributed by atoms with Crippen molar-refractivity contribution in [2.45, 2.75) is 0 Å². The normalized spacial score (nSPS) is 10.4. The van der Waals surface area contributed by atoms with Gasteiger partial charge in [0.05, 0.1) is 5.69 Å². The van der Waals surface area contributed by atoms with Crippen LogP contribution in [0.25, 0.3) is 22.6 Å². The van der Waals surface area contributed by atoms with Crippen LogP contribution >= 0.6 is 12.2 Å². The van der Waals surface area contributed by atoms with Crippen LogP contribution in [-0.2, 0) is 0 Å². The van der Waals surface area contributed by atoms with Crippen LogP contribution < -0.4 is 5.84 Å². The van der Waals surface area contributed by atoms with Crippen LogP contribution in [0.4, 0.5) is 0 Å². The molecular weight excluding hydrogens is 266 g/mol. The highest BCUT2D eigenvalue weighted by atomic mass is 32.1. The van der Waals surface area contributed by atoms with Crippen LogP contribution in [-0.4, -0.2) is 9.66 Å². The Kier molecular flexibility index (Phi) is 3.31. The Balaban J connectivity index is 2.22. The monoisotopic (exact) mass is 279 g/mol. The van der Waals surface area contributed by atoms with Crippen molar-refractivity contribution >= 4 is 12.2 Å². The van der Waals surface area contributed by atoms with Gasteiger partial charge in [0, 0.05) is 17.2 Å². The lowest BCUT2D eigenvalue weighted by molar-refractivity contribution is 0.935. The maximum absolute atomic E-state index is 6.01. The van der Waals surface area contributed by atoms with Crippen molar-refractivity contribution in [2.24, 2.45) is 0 Å². The standard InChI is InChI=1S/C16H13N3S/c17-19-15(20)11-14(12-7-3-1-4-8-12)18-16(19)13-9-5-2-6-10-13/h1-11H,17H2. The first kappa shape index (κ1) is 12.6. The SMILES string of the molecule is Nn1c(-c2ccccc2)nc(-c2ccccc2)cc1=S. The Morgan fingerprint density at radius 2 is 1.40 bits per heavy atom. The first-order valence-electron chi connectivity index (χ1n) is 6.26. The summed E-state index contributed by atoms with van der Waals surface area (Å²) >= 11 is 5.33. The topological polar surface area (TPSA) is 43.8 Å². The van der Waals surface area contributed by atoms with Gasteiger partial charge in [0.2, 0.25) is 0 Å². The lowest BCUT2D eigenvalue weighted by Gasteiger charge is -2.10. The molecule has 0 aliphatic carbocycles. The largest absolute Gasteiger partial charge is 0.336 e. The molecule has 2 aromatic carbocycles. The van der Waals surface area contributed by atoms with Gasteiger partial charge in [0.15, 0.2) is 5.82 Å². The van der Waals surface area contributed by atoms with E-state index in [9.17, 15) is 0 Å². The molecule has 4 heteroatoms. The second kappa shape index (κ2) is 5.27. The molecule has 98 valence electrons. The highest BCUT2D eigenvalue weighted by Gasteiger charge is 2.08. The van der Waals surface area contributed by atoms with E-state index in [0.717, 1.165) is 16.8 Å². The molecule has 1 heterocycles. The van der Waals surface area contributed by atoms with E-state index in [4.69, 9.17) is 18.1 Å². The molecule has 0 fully saturated rings. The van der Waals surface area contributed by atoms with Crippen LogP contribution in [0.2, 0.25) is 0 Å². The van der Waals surface area contributed by atoms with E-state index in [1.54, 1.807) is 0 Å². The van der Waals surface area contributed by atoms with Crippen LogP contribution in [0, 0.1) is 4.64 Å². The van der Waals surface area contributed by atoms with Crippen molar-refractivity contribution in [1.29, 1.82) is 0 Å².